The quantitative estimate of drug-likeness (QED) is 0.670. The lowest BCUT2D eigenvalue weighted by Crippen LogP contribution is -2.40. The van der Waals surface area contributed by atoms with Gasteiger partial charge in [-0.1, -0.05) is 41.5 Å². The van der Waals surface area contributed by atoms with Gasteiger partial charge in [-0.2, -0.15) is 0 Å². The van der Waals surface area contributed by atoms with Crippen LogP contribution in [-0.4, -0.2) is 22.6 Å². The van der Waals surface area contributed by atoms with E-state index in [9.17, 15) is 14.4 Å². The largest absolute Gasteiger partial charge is 0.322 e. The minimum atomic E-state index is -0.302. The molecule has 0 fully saturated rings. The third-order valence-corrected chi connectivity index (χ3v) is 5.23. The molecule has 1 aliphatic rings. The first kappa shape index (κ1) is 19.6. The van der Waals surface area contributed by atoms with Crippen molar-refractivity contribution in [3.63, 3.8) is 0 Å². The number of benzene rings is 3. The number of carbonyl (C=O) groups is 3. The summed E-state index contributed by atoms with van der Waals surface area (Å²) in [5.41, 5.74) is 5.43. The van der Waals surface area contributed by atoms with Gasteiger partial charge in [0.25, 0.3) is 11.8 Å². The van der Waals surface area contributed by atoms with Gasteiger partial charge < -0.3 is 5.32 Å². The average molecular weight is 398 g/mol. The summed E-state index contributed by atoms with van der Waals surface area (Å²) in [6, 6.07) is 20.1. The van der Waals surface area contributed by atoms with Crippen molar-refractivity contribution < 1.29 is 14.4 Å². The molecule has 4 rings (SSSR count). The van der Waals surface area contributed by atoms with Crippen LogP contribution in [0.4, 0.5) is 5.69 Å². The number of nitrogens with zero attached hydrogens (tertiary/aromatic N) is 1. The van der Waals surface area contributed by atoms with Gasteiger partial charge in [-0.15, -0.1) is 0 Å². The zero-order valence-electron chi connectivity index (χ0n) is 16.9. The highest BCUT2D eigenvalue weighted by molar-refractivity contribution is 6.06. The molecule has 150 valence electrons. The third-order valence-electron chi connectivity index (χ3n) is 5.23. The number of carbonyl (C=O) groups excluding carboxylic acids is 3. The zero-order valence-corrected chi connectivity index (χ0v) is 16.9. The Morgan fingerprint density at radius 2 is 1.50 bits per heavy atom. The number of fused-ring (bicyclic) bond motifs is 1. The van der Waals surface area contributed by atoms with Gasteiger partial charge in [0.1, 0.15) is 0 Å². The molecule has 1 N–H and O–H groups in total. The van der Waals surface area contributed by atoms with Gasteiger partial charge in [-0.05, 0) is 61.4 Å². The Balaban J connectivity index is 1.55. The molecule has 0 saturated carbocycles. The number of nitrogens with one attached hydrogen (secondary N) is 1. The van der Waals surface area contributed by atoms with E-state index in [0.29, 0.717) is 16.8 Å². The number of aryl methyl sites for hydroxylation is 2. The summed E-state index contributed by atoms with van der Waals surface area (Å²) in [6.07, 6.45) is 0.166. The van der Waals surface area contributed by atoms with Gasteiger partial charge >= 0.3 is 0 Å². The summed E-state index contributed by atoms with van der Waals surface area (Å²) in [5, 5.41) is 2.90. The van der Waals surface area contributed by atoms with Crippen LogP contribution < -0.4 is 5.32 Å². The maximum absolute atomic E-state index is 12.9. The summed E-state index contributed by atoms with van der Waals surface area (Å²) in [5.74, 6) is -0.715. The summed E-state index contributed by atoms with van der Waals surface area (Å²) in [6.45, 7) is 4.04. The van der Waals surface area contributed by atoms with Crippen molar-refractivity contribution in [1.82, 2.24) is 4.90 Å². The fourth-order valence-corrected chi connectivity index (χ4v) is 3.65. The van der Waals surface area contributed by atoms with E-state index in [4.69, 9.17) is 0 Å². The van der Waals surface area contributed by atoms with Crippen LogP contribution in [0.3, 0.4) is 0 Å². The van der Waals surface area contributed by atoms with Gasteiger partial charge in [0.15, 0.2) is 0 Å². The van der Waals surface area contributed by atoms with Crippen molar-refractivity contribution in [2.45, 2.75) is 26.8 Å². The summed E-state index contributed by atoms with van der Waals surface area (Å²) in [7, 11) is 0. The van der Waals surface area contributed by atoms with Crippen molar-refractivity contribution >= 4 is 23.4 Å². The molecule has 0 aromatic heterocycles. The van der Waals surface area contributed by atoms with Crippen molar-refractivity contribution in [3.8, 4) is 0 Å². The summed E-state index contributed by atoms with van der Waals surface area (Å²) in [4.78, 5) is 39.3. The second-order valence-corrected chi connectivity index (χ2v) is 7.64. The van der Waals surface area contributed by atoms with Gasteiger partial charge in [-0.25, -0.2) is 0 Å². The highest BCUT2D eigenvalue weighted by atomic mass is 16.2. The lowest BCUT2D eigenvalue weighted by molar-refractivity contribution is -0.129. The molecule has 1 aliphatic heterocycles. The second kappa shape index (κ2) is 7.95. The van der Waals surface area contributed by atoms with Gasteiger partial charge in [0.05, 0.1) is 13.0 Å². The molecule has 3 amide bonds. The molecule has 1 heterocycles. The molecule has 3 aromatic carbocycles. The Hall–Kier alpha value is -3.73. The van der Waals surface area contributed by atoms with Crippen LogP contribution in [0.1, 0.15) is 43.0 Å². The smallest absolute Gasteiger partial charge is 0.260 e. The van der Waals surface area contributed by atoms with Crippen molar-refractivity contribution in [2.24, 2.45) is 0 Å². The molecule has 0 unspecified atom stereocenters. The van der Waals surface area contributed by atoms with Gasteiger partial charge in [0, 0.05) is 16.8 Å². The average Bonchev–Trinajstić information content (AvgIpc) is 2.73. The molecular formula is C25H22N2O3. The Morgan fingerprint density at radius 1 is 0.833 bits per heavy atom. The number of anilines is 1. The Bertz CT molecular complexity index is 1170. The number of hydrogen-bond acceptors (Lipinski definition) is 3. The molecule has 5 nitrogen and oxygen atoms in total. The van der Waals surface area contributed by atoms with Crippen molar-refractivity contribution in [2.75, 3.05) is 5.32 Å². The van der Waals surface area contributed by atoms with E-state index in [1.54, 1.807) is 24.3 Å². The lowest BCUT2D eigenvalue weighted by atomic mass is 9.97. The molecule has 0 radical (unpaired) electrons. The molecular weight excluding hydrogens is 376 g/mol. The molecule has 0 atom stereocenters. The van der Waals surface area contributed by atoms with Crippen LogP contribution in [0.5, 0.6) is 0 Å². The van der Waals surface area contributed by atoms with E-state index in [1.165, 1.54) is 4.90 Å². The van der Waals surface area contributed by atoms with E-state index < -0.39 is 0 Å². The molecule has 5 heteroatoms. The van der Waals surface area contributed by atoms with Crippen molar-refractivity contribution in [1.29, 1.82) is 0 Å². The first-order valence-electron chi connectivity index (χ1n) is 9.82. The van der Waals surface area contributed by atoms with Crippen LogP contribution in [0, 0.1) is 13.8 Å². The minimum absolute atomic E-state index is 0.166. The maximum atomic E-state index is 12.9. The Morgan fingerprint density at radius 3 is 2.20 bits per heavy atom. The minimum Gasteiger partial charge on any atom is -0.322 e. The van der Waals surface area contributed by atoms with E-state index >= 15 is 0 Å². The Labute approximate surface area is 175 Å². The van der Waals surface area contributed by atoms with E-state index in [-0.39, 0.29) is 30.7 Å². The molecule has 0 bridgehead atoms. The highest BCUT2D eigenvalue weighted by Crippen LogP contribution is 2.25. The molecule has 0 spiro atoms. The molecule has 30 heavy (non-hydrogen) atoms. The fraction of sp³-hybridized carbons (Fsp3) is 0.160. The second-order valence-electron chi connectivity index (χ2n) is 7.64. The van der Waals surface area contributed by atoms with E-state index in [0.717, 1.165) is 22.3 Å². The topological polar surface area (TPSA) is 66.5 Å². The predicted molar refractivity (Wildman–Crippen MR) is 115 cm³/mol. The number of hydrogen-bond donors (Lipinski definition) is 1. The van der Waals surface area contributed by atoms with Crippen LogP contribution in [0.2, 0.25) is 0 Å². The summed E-state index contributed by atoms with van der Waals surface area (Å²) < 4.78 is 0. The van der Waals surface area contributed by atoms with E-state index in [2.05, 4.69) is 5.32 Å². The third kappa shape index (κ3) is 4.01. The fourth-order valence-electron chi connectivity index (χ4n) is 3.65. The number of rotatable bonds is 3. The zero-order chi connectivity index (χ0) is 21.3. The van der Waals surface area contributed by atoms with Crippen molar-refractivity contribution in [3.05, 3.63) is 100 Å². The molecule has 0 aliphatic carbocycles. The first-order chi connectivity index (χ1) is 14.4. The van der Waals surface area contributed by atoms with E-state index in [1.807, 2.05) is 56.3 Å². The SMILES string of the molecule is Cc1cccc(C(=O)Nc2ccc3c(c2)CN(C(=O)c2cccc(C)c2)C(=O)C3)c1. The Kier molecular flexibility index (Phi) is 5.19. The van der Waals surface area contributed by atoms with Gasteiger partial charge in [0.2, 0.25) is 5.91 Å². The maximum Gasteiger partial charge on any atom is 0.260 e. The standard InChI is InChI=1S/C25H22N2O3/c1-16-5-3-7-19(11-16)24(29)26-22-10-9-18-14-23(28)27(15-21(18)13-22)25(30)20-8-4-6-17(2)12-20/h3-13H,14-15H2,1-2H3,(H,26,29). The van der Waals surface area contributed by atoms with Crippen LogP contribution in [0.15, 0.2) is 66.7 Å². The molecule has 3 aromatic rings. The monoisotopic (exact) mass is 398 g/mol. The van der Waals surface area contributed by atoms with Crippen LogP contribution >= 0.6 is 0 Å². The predicted octanol–water partition coefficient (Wildman–Crippen LogP) is 4.28. The van der Waals surface area contributed by atoms with Gasteiger partial charge in [-0.3, -0.25) is 19.3 Å². The lowest BCUT2D eigenvalue weighted by Gasteiger charge is -2.27. The number of amides is 3. The normalized spacial score (nSPS) is 13.0. The highest BCUT2D eigenvalue weighted by Gasteiger charge is 2.29. The number of imide groups is 1. The van der Waals surface area contributed by atoms with Crippen LogP contribution in [-0.2, 0) is 17.8 Å². The summed E-state index contributed by atoms with van der Waals surface area (Å²) >= 11 is 0. The first-order valence-corrected chi connectivity index (χ1v) is 9.82. The molecule has 0 saturated heterocycles. The van der Waals surface area contributed by atoms with Crippen LogP contribution in [0.25, 0.3) is 0 Å².